The Balaban J connectivity index is 1.35. The number of rotatable bonds is 4. The van der Waals surface area contributed by atoms with Crippen LogP contribution in [0.25, 0.3) is 0 Å². The number of likely N-dealkylation sites (tertiary alicyclic amines) is 2. The quantitative estimate of drug-likeness (QED) is 0.769. The van der Waals surface area contributed by atoms with Crippen molar-refractivity contribution in [2.24, 2.45) is 7.05 Å². The molecule has 1 aromatic heterocycles. The van der Waals surface area contributed by atoms with Crippen LogP contribution in [0.5, 0.6) is 0 Å². The van der Waals surface area contributed by atoms with Gasteiger partial charge >= 0.3 is 0 Å². The maximum absolute atomic E-state index is 13.0. The third-order valence-electron chi connectivity index (χ3n) is 7.01. The number of β-amino-alcohol motifs (C(OH)–C–C–N with tert-alkyl or cyclic N) is 1. The summed E-state index contributed by atoms with van der Waals surface area (Å²) in [5.41, 5.74) is 1.46. The third-order valence-corrected chi connectivity index (χ3v) is 7.01. The molecule has 4 rings (SSSR count). The van der Waals surface area contributed by atoms with Gasteiger partial charge in [0, 0.05) is 38.8 Å². The predicted octanol–water partition coefficient (Wildman–Crippen LogP) is 1.22. The minimum Gasteiger partial charge on any atom is -0.392 e. The summed E-state index contributed by atoms with van der Waals surface area (Å²) in [4.78, 5) is 29.9. The number of aliphatic hydroxyl groups is 1. The first kappa shape index (κ1) is 21.3. The lowest BCUT2D eigenvalue weighted by Gasteiger charge is -2.39. The van der Waals surface area contributed by atoms with Gasteiger partial charge in [-0.15, -0.1) is 0 Å². The zero-order valence-electron chi connectivity index (χ0n) is 18.2. The van der Waals surface area contributed by atoms with Gasteiger partial charge in [0.2, 0.25) is 5.91 Å². The summed E-state index contributed by atoms with van der Waals surface area (Å²) in [6, 6.07) is 2.08. The molecule has 8 nitrogen and oxygen atoms in total. The van der Waals surface area contributed by atoms with Gasteiger partial charge in [-0.25, -0.2) is 0 Å². The monoisotopic (exact) mass is 417 g/mol. The number of carbonyl (C=O) groups excluding carboxylic acids is 2. The zero-order chi connectivity index (χ0) is 21.3. The second kappa shape index (κ2) is 9.06. The van der Waals surface area contributed by atoms with Gasteiger partial charge in [0.05, 0.1) is 17.8 Å². The molecule has 3 aliphatic rings. The highest BCUT2D eigenvalue weighted by atomic mass is 16.3. The van der Waals surface area contributed by atoms with Gasteiger partial charge in [-0.2, -0.15) is 5.10 Å². The van der Waals surface area contributed by atoms with Crippen molar-refractivity contribution in [2.45, 2.75) is 82.5 Å². The lowest BCUT2D eigenvalue weighted by atomic mass is 9.95. The zero-order valence-corrected chi connectivity index (χ0v) is 18.2. The first-order valence-corrected chi connectivity index (χ1v) is 11.5. The number of aromatic nitrogens is 2. The van der Waals surface area contributed by atoms with Crippen LogP contribution in [0.4, 0.5) is 0 Å². The molecule has 0 aromatic carbocycles. The molecule has 2 amide bonds. The van der Waals surface area contributed by atoms with E-state index in [1.54, 1.807) is 11.7 Å². The van der Waals surface area contributed by atoms with E-state index >= 15 is 0 Å². The summed E-state index contributed by atoms with van der Waals surface area (Å²) in [7, 11) is 1.80. The molecule has 30 heavy (non-hydrogen) atoms. The Morgan fingerprint density at radius 2 is 1.83 bits per heavy atom. The van der Waals surface area contributed by atoms with Crippen molar-refractivity contribution in [3.63, 3.8) is 0 Å². The number of nitrogens with zero attached hydrogens (tertiary/aromatic N) is 4. The Bertz CT molecular complexity index is 765. The lowest BCUT2D eigenvalue weighted by Crippen LogP contribution is -2.53. The Labute approximate surface area is 178 Å². The smallest absolute Gasteiger partial charge is 0.272 e. The van der Waals surface area contributed by atoms with Gasteiger partial charge in [-0.3, -0.25) is 19.2 Å². The van der Waals surface area contributed by atoms with Gasteiger partial charge in [-0.1, -0.05) is 19.3 Å². The highest BCUT2D eigenvalue weighted by Gasteiger charge is 2.41. The van der Waals surface area contributed by atoms with Crippen LogP contribution in [0.3, 0.4) is 0 Å². The van der Waals surface area contributed by atoms with Gasteiger partial charge in [-0.05, 0) is 45.1 Å². The minimum absolute atomic E-state index is 0.0181. The van der Waals surface area contributed by atoms with E-state index in [0.717, 1.165) is 31.4 Å². The average molecular weight is 418 g/mol. The molecule has 2 N–H and O–H groups in total. The van der Waals surface area contributed by atoms with Crippen LogP contribution in [-0.4, -0.2) is 80.4 Å². The van der Waals surface area contributed by atoms with E-state index in [1.165, 1.54) is 19.3 Å². The topological polar surface area (TPSA) is 90.7 Å². The van der Waals surface area contributed by atoms with Crippen LogP contribution >= 0.6 is 0 Å². The van der Waals surface area contributed by atoms with E-state index < -0.39 is 6.10 Å². The van der Waals surface area contributed by atoms with Crippen molar-refractivity contribution in [1.82, 2.24) is 24.9 Å². The number of aliphatic hydroxyl groups excluding tert-OH is 1. The van der Waals surface area contributed by atoms with E-state index in [4.69, 9.17) is 0 Å². The molecule has 0 unspecified atom stereocenters. The highest BCUT2D eigenvalue weighted by Crippen LogP contribution is 2.28. The summed E-state index contributed by atoms with van der Waals surface area (Å²) in [5, 5.41) is 17.8. The predicted molar refractivity (Wildman–Crippen MR) is 113 cm³/mol. The molecular formula is C22H35N5O3. The van der Waals surface area contributed by atoms with Gasteiger partial charge in [0.15, 0.2) is 0 Å². The molecule has 0 spiro atoms. The Kier molecular flexibility index (Phi) is 6.43. The molecular weight excluding hydrogens is 382 g/mol. The second-order valence-corrected chi connectivity index (χ2v) is 9.26. The molecule has 0 radical (unpaired) electrons. The number of carbonyl (C=O) groups is 2. The number of amides is 2. The number of piperidine rings is 1. The number of aryl methyl sites for hydroxylation is 2. The fraction of sp³-hybridized carbons (Fsp3) is 0.773. The van der Waals surface area contributed by atoms with Crippen molar-refractivity contribution in [3.8, 4) is 0 Å². The number of nitrogens with one attached hydrogen (secondary N) is 1. The van der Waals surface area contributed by atoms with E-state index in [1.807, 2.05) is 17.9 Å². The SMILES string of the molecule is Cc1cc(C(=O)N2CCC(N3C[C@H](O)C[C@H]3C(=O)NC3CCCCC3)CC2)n(C)n1. The van der Waals surface area contributed by atoms with E-state index in [9.17, 15) is 14.7 Å². The van der Waals surface area contributed by atoms with Crippen molar-refractivity contribution < 1.29 is 14.7 Å². The fourth-order valence-electron chi connectivity index (χ4n) is 5.42. The van der Waals surface area contributed by atoms with Crippen molar-refractivity contribution in [1.29, 1.82) is 0 Å². The van der Waals surface area contributed by atoms with Crippen molar-refractivity contribution in [3.05, 3.63) is 17.5 Å². The molecule has 3 fully saturated rings. The molecule has 1 aromatic rings. The highest BCUT2D eigenvalue weighted by molar-refractivity contribution is 5.92. The Morgan fingerprint density at radius 3 is 2.47 bits per heavy atom. The summed E-state index contributed by atoms with van der Waals surface area (Å²) in [5.74, 6) is 0.0897. The molecule has 2 aliphatic heterocycles. The second-order valence-electron chi connectivity index (χ2n) is 9.26. The Hall–Kier alpha value is -1.93. The molecule has 1 aliphatic carbocycles. The Morgan fingerprint density at radius 1 is 1.13 bits per heavy atom. The van der Waals surface area contributed by atoms with Gasteiger partial charge in [0.1, 0.15) is 5.69 Å². The van der Waals surface area contributed by atoms with Crippen molar-refractivity contribution in [2.75, 3.05) is 19.6 Å². The molecule has 2 saturated heterocycles. The largest absolute Gasteiger partial charge is 0.392 e. The molecule has 166 valence electrons. The van der Waals surface area contributed by atoms with Crippen LogP contribution < -0.4 is 5.32 Å². The van der Waals surface area contributed by atoms with Crippen LogP contribution in [0.15, 0.2) is 6.07 Å². The van der Waals surface area contributed by atoms with Crippen LogP contribution in [-0.2, 0) is 11.8 Å². The molecule has 2 atom stereocenters. The van der Waals surface area contributed by atoms with Crippen molar-refractivity contribution >= 4 is 11.8 Å². The maximum Gasteiger partial charge on any atom is 0.272 e. The minimum atomic E-state index is -0.454. The number of hydrogen-bond donors (Lipinski definition) is 2. The lowest BCUT2D eigenvalue weighted by molar-refractivity contribution is -0.127. The summed E-state index contributed by atoms with van der Waals surface area (Å²) in [6.07, 6.45) is 7.45. The number of hydrogen-bond acceptors (Lipinski definition) is 5. The first-order valence-electron chi connectivity index (χ1n) is 11.5. The van der Waals surface area contributed by atoms with Gasteiger partial charge in [0.25, 0.3) is 5.91 Å². The molecule has 1 saturated carbocycles. The first-order chi connectivity index (χ1) is 14.4. The van der Waals surface area contributed by atoms with Crippen LogP contribution in [0.1, 0.15) is 67.5 Å². The maximum atomic E-state index is 13.0. The normalized spacial score (nSPS) is 26.8. The standard InChI is InChI=1S/C22H35N5O3/c1-15-12-20(25(2)24-15)22(30)26-10-8-17(9-11-26)27-14-18(28)13-19(27)21(29)23-16-6-4-3-5-7-16/h12,16-19,28H,3-11,13-14H2,1-2H3,(H,23,29)/t18-,19+/m1/s1. The summed E-state index contributed by atoms with van der Waals surface area (Å²) in [6.45, 7) is 3.76. The van der Waals surface area contributed by atoms with Gasteiger partial charge < -0.3 is 15.3 Å². The third kappa shape index (κ3) is 4.54. The fourth-order valence-corrected chi connectivity index (χ4v) is 5.42. The average Bonchev–Trinajstić information content (AvgIpc) is 3.30. The molecule has 8 heteroatoms. The van der Waals surface area contributed by atoms with E-state index in [2.05, 4.69) is 15.3 Å². The van der Waals surface area contributed by atoms with Crippen LogP contribution in [0.2, 0.25) is 0 Å². The van der Waals surface area contributed by atoms with E-state index in [0.29, 0.717) is 31.7 Å². The summed E-state index contributed by atoms with van der Waals surface area (Å²) >= 11 is 0. The summed E-state index contributed by atoms with van der Waals surface area (Å²) < 4.78 is 1.65. The van der Waals surface area contributed by atoms with E-state index in [-0.39, 0.29) is 29.9 Å². The molecule has 0 bridgehead atoms. The molecule has 3 heterocycles. The van der Waals surface area contributed by atoms with Crippen LogP contribution in [0, 0.1) is 6.92 Å².